The molecule has 3 heteroatoms. The van der Waals surface area contributed by atoms with Crippen LogP contribution in [0.5, 0.6) is 5.75 Å². The molecular formula is C21H27NO2. The Morgan fingerprint density at radius 2 is 1.88 bits per heavy atom. The van der Waals surface area contributed by atoms with Gasteiger partial charge in [0.2, 0.25) is 0 Å². The van der Waals surface area contributed by atoms with Gasteiger partial charge in [0.15, 0.2) is 0 Å². The summed E-state index contributed by atoms with van der Waals surface area (Å²) in [5, 5.41) is 3.74. The zero-order chi connectivity index (χ0) is 16.8. The van der Waals surface area contributed by atoms with Crippen molar-refractivity contribution in [2.24, 2.45) is 5.92 Å². The van der Waals surface area contributed by atoms with Crippen LogP contribution in [0.2, 0.25) is 0 Å². The molecule has 128 valence electrons. The third-order valence-electron chi connectivity index (χ3n) is 4.73. The van der Waals surface area contributed by atoms with Crippen LogP contribution in [0.3, 0.4) is 0 Å². The van der Waals surface area contributed by atoms with Crippen LogP contribution in [0.25, 0.3) is 0 Å². The fraction of sp³-hybridized carbons (Fsp3) is 0.429. The highest BCUT2D eigenvalue weighted by Crippen LogP contribution is 2.22. The molecule has 0 bridgehead atoms. The Bertz CT molecular complexity index is 611. The molecule has 0 amide bonds. The average molecular weight is 325 g/mol. The molecule has 0 aromatic heterocycles. The van der Waals surface area contributed by atoms with Gasteiger partial charge in [-0.3, -0.25) is 0 Å². The van der Waals surface area contributed by atoms with Gasteiger partial charge in [-0.1, -0.05) is 49.4 Å². The van der Waals surface area contributed by atoms with E-state index in [4.69, 9.17) is 9.47 Å². The molecule has 1 aliphatic rings. The number of hydrogen-bond acceptors (Lipinski definition) is 3. The Morgan fingerprint density at radius 1 is 1.12 bits per heavy atom. The highest BCUT2D eigenvalue weighted by molar-refractivity contribution is 5.29. The van der Waals surface area contributed by atoms with Crippen LogP contribution in [0.15, 0.2) is 54.6 Å². The first-order chi connectivity index (χ1) is 11.7. The van der Waals surface area contributed by atoms with E-state index < -0.39 is 0 Å². The van der Waals surface area contributed by atoms with E-state index in [0.29, 0.717) is 24.6 Å². The van der Waals surface area contributed by atoms with Gasteiger partial charge >= 0.3 is 0 Å². The van der Waals surface area contributed by atoms with E-state index in [9.17, 15) is 0 Å². The van der Waals surface area contributed by atoms with Gasteiger partial charge in [-0.25, -0.2) is 0 Å². The van der Waals surface area contributed by atoms with E-state index in [1.54, 1.807) is 0 Å². The maximum Gasteiger partial charge on any atom is 0.119 e. The molecule has 24 heavy (non-hydrogen) atoms. The molecule has 3 atom stereocenters. The third-order valence-corrected chi connectivity index (χ3v) is 4.73. The summed E-state index contributed by atoms with van der Waals surface area (Å²) in [4.78, 5) is 0. The van der Waals surface area contributed by atoms with Gasteiger partial charge in [0.25, 0.3) is 0 Å². The molecule has 2 aromatic rings. The molecule has 2 aromatic carbocycles. The van der Waals surface area contributed by atoms with E-state index in [1.165, 1.54) is 11.1 Å². The van der Waals surface area contributed by atoms with E-state index in [-0.39, 0.29) is 0 Å². The highest BCUT2D eigenvalue weighted by atomic mass is 16.5. The number of hydrogen-bond donors (Lipinski definition) is 1. The second-order valence-corrected chi connectivity index (χ2v) is 6.68. The Kier molecular flexibility index (Phi) is 5.89. The first kappa shape index (κ1) is 17.0. The molecule has 1 fully saturated rings. The minimum atomic E-state index is 0.332. The average Bonchev–Trinajstić information content (AvgIpc) is 2.63. The summed E-state index contributed by atoms with van der Waals surface area (Å²) in [6.45, 7) is 6.80. The Balaban J connectivity index is 1.53. The zero-order valence-electron chi connectivity index (χ0n) is 14.6. The minimum Gasteiger partial charge on any atom is -0.489 e. The van der Waals surface area contributed by atoms with Gasteiger partial charge in [0.05, 0.1) is 6.61 Å². The third kappa shape index (κ3) is 4.59. The van der Waals surface area contributed by atoms with Crippen LogP contribution in [0.4, 0.5) is 0 Å². The van der Waals surface area contributed by atoms with E-state index in [1.807, 2.05) is 18.2 Å². The maximum atomic E-state index is 5.86. The second kappa shape index (κ2) is 8.32. The van der Waals surface area contributed by atoms with Crippen molar-refractivity contribution in [2.45, 2.75) is 39.0 Å². The van der Waals surface area contributed by atoms with Crippen molar-refractivity contribution >= 4 is 0 Å². The van der Waals surface area contributed by atoms with Crippen LogP contribution in [-0.4, -0.2) is 19.3 Å². The van der Waals surface area contributed by atoms with Gasteiger partial charge in [-0.05, 0) is 42.5 Å². The molecule has 0 saturated carbocycles. The quantitative estimate of drug-likeness (QED) is 0.857. The van der Waals surface area contributed by atoms with Crippen LogP contribution in [0.1, 0.15) is 37.4 Å². The number of ether oxygens (including phenoxy) is 2. The first-order valence-corrected chi connectivity index (χ1v) is 8.83. The van der Waals surface area contributed by atoms with Crippen molar-refractivity contribution in [2.75, 3.05) is 13.2 Å². The van der Waals surface area contributed by atoms with Gasteiger partial charge in [0.1, 0.15) is 12.4 Å². The molecule has 3 rings (SSSR count). The van der Waals surface area contributed by atoms with Crippen LogP contribution in [-0.2, 0) is 11.3 Å². The molecule has 0 aliphatic carbocycles. The Hall–Kier alpha value is -1.84. The van der Waals surface area contributed by atoms with Crippen LogP contribution in [0, 0.1) is 5.92 Å². The SMILES string of the molecule is CC(NC1CCOCC1C)c1ccc(OCc2ccccc2)cc1. The largest absolute Gasteiger partial charge is 0.489 e. The van der Waals surface area contributed by atoms with E-state index in [2.05, 4.69) is 55.6 Å². The number of nitrogens with one attached hydrogen (secondary N) is 1. The van der Waals surface area contributed by atoms with Crippen molar-refractivity contribution in [3.63, 3.8) is 0 Å². The molecule has 1 N–H and O–H groups in total. The molecule has 3 unspecified atom stereocenters. The number of rotatable bonds is 6. The van der Waals surface area contributed by atoms with Crippen molar-refractivity contribution in [3.8, 4) is 5.75 Å². The van der Waals surface area contributed by atoms with Gasteiger partial charge in [-0.2, -0.15) is 0 Å². The summed E-state index contributed by atoms with van der Waals surface area (Å²) < 4.78 is 11.4. The normalized spacial score (nSPS) is 22.1. The van der Waals surface area contributed by atoms with E-state index in [0.717, 1.165) is 25.4 Å². The highest BCUT2D eigenvalue weighted by Gasteiger charge is 2.23. The summed E-state index contributed by atoms with van der Waals surface area (Å²) in [6, 6.07) is 19.5. The fourth-order valence-electron chi connectivity index (χ4n) is 3.14. The summed E-state index contributed by atoms with van der Waals surface area (Å²) >= 11 is 0. The van der Waals surface area contributed by atoms with Crippen molar-refractivity contribution in [3.05, 3.63) is 65.7 Å². The van der Waals surface area contributed by atoms with Gasteiger partial charge < -0.3 is 14.8 Å². The Labute approximate surface area is 145 Å². The maximum absolute atomic E-state index is 5.86. The minimum absolute atomic E-state index is 0.332. The monoisotopic (exact) mass is 325 g/mol. The summed E-state index contributed by atoms with van der Waals surface area (Å²) in [6.07, 6.45) is 1.09. The molecule has 1 heterocycles. The van der Waals surface area contributed by atoms with Gasteiger partial charge in [-0.15, -0.1) is 0 Å². The first-order valence-electron chi connectivity index (χ1n) is 8.83. The Morgan fingerprint density at radius 3 is 2.58 bits per heavy atom. The van der Waals surface area contributed by atoms with Gasteiger partial charge in [0, 0.05) is 18.7 Å². The molecular weight excluding hydrogens is 298 g/mol. The van der Waals surface area contributed by atoms with E-state index >= 15 is 0 Å². The predicted octanol–water partition coefficient (Wildman–Crippen LogP) is 4.34. The summed E-state index contributed by atoms with van der Waals surface area (Å²) in [5.41, 5.74) is 2.48. The molecule has 0 radical (unpaired) electrons. The smallest absolute Gasteiger partial charge is 0.119 e. The van der Waals surface area contributed by atoms with Crippen molar-refractivity contribution in [1.29, 1.82) is 0 Å². The lowest BCUT2D eigenvalue weighted by Gasteiger charge is -2.32. The fourth-order valence-corrected chi connectivity index (χ4v) is 3.14. The van der Waals surface area contributed by atoms with Crippen molar-refractivity contribution in [1.82, 2.24) is 5.32 Å². The predicted molar refractivity (Wildman–Crippen MR) is 97.2 cm³/mol. The molecule has 1 saturated heterocycles. The molecule has 1 aliphatic heterocycles. The zero-order valence-corrected chi connectivity index (χ0v) is 14.6. The molecule has 0 spiro atoms. The van der Waals surface area contributed by atoms with Crippen LogP contribution < -0.4 is 10.1 Å². The topological polar surface area (TPSA) is 30.5 Å². The summed E-state index contributed by atoms with van der Waals surface area (Å²) in [7, 11) is 0. The molecule has 3 nitrogen and oxygen atoms in total. The lowest BCUT2D eigenvalue weighted by atomic mass is 9.96. The number of benzene rings is 2. The lowest BCUT2D eigenvalue weighted by Crippen LogP contribution is -2.42. The lowest BCUT2D eigenvalue weighted by molar-refractivity contribution is 0.0363. The standard InChI is InChI=1S/C21H27NO2/c1-16-14-23-13-12-21(16)22-17(2)19-8-10-20(11-9-19)24-15-18-6-4-3-5-7-18/h3-11,16-17,21-22H,12-15H2,1-2H3. The van der Waals surface area contributed by atoms with Crippen LogP contribution >= 0.6 is 0 Å². The summed E-state index contributed by atoms with van der Waals surface area (Å²) in [5.74, 6) is 1.48. The van der Waals surface area contributed by atoms with Crippen molar-refractivity contribution < 1.29 is 9.47 Å². The second-order valence-electron chi connectivity index (χ2n) is 6.68.